The van der Waals surface area contributed by atoms with E-state index in [1.54, 1.807) is 28.9 Å². The van der Waals surface area contributed by atoms with Crippen LogP contribution < -0.4 is 5.43 Å². The van der Waals surface area contributed by atoms with Crippen LogP contribution in [0.4, 0.5) is 0 Å². The summed E-state index contributed by atoms with van der Waals surface area (Å²) < 4.78 is 1.08. The van der Waals surface area contributed by atoms with Crippen molar-refractivity contribution in [3.63, 3.8) is 0 Å². The van der Waals surface area contributed by atoms with Crippen molar-refractivity contribution < 1.29 is 4.79 Å². The highest BCUT2D eigenvalue weighted by molar-refractivity contribution is 9.10. The van der Waals surface area contributed by atoms with E-state index in [9.17, 15) is 4.79 Å². The van der Waals surface area contributed by atoms with Crippen LogP contribution in [0.15, 0.2) is 21.7 Å². The number of rotatable bonds is 3. The minimum Gasteiger partial charge on any atom is -0.266 e. The largest absolute Gasteiger partial charge is 0.281 e. The number of fused-ring (bicyclic) bond motifs is 1. The smallest absolute Gasteiger partial charge is 0.266 e. The van der Waals surface area contributed by atoms with Gasteiger partial charge in [-0.3, -0.25) is 4.79 Å². The maximum Gasteiger partial charge on any atom is 0.281 e. The van der Waals surface area contributed by atoms with Gasteiger partial charge < -0.3 is 0 Å². The molecule has 0 bridgehead atoms. The van der Waals surface area contributed by atoms with Crippen LogP contribution in [0, 0.1) is 6.92 Å². The van der Waals surface area contributed by atoms with Gasteiger partial charge in [0.05, 0.1) is 11.1 Å². The summed E-state index contributed by atoms with van der Waals surface area (Å²) in [6, 6.07) is 4.02. The molecule has 1 aliphatic carbocycles. The maximum absolute atomic E-state index is 12.1. The van der Waals surface area contributed by atoms with Crippen molar-refractivity contribution in [1.29, 1.82) is 0 Å². The van der Waals surface area contributed by atoms with E-state index in [0.717, 1.165) is 27.1 Å². The van der Waals surface area contributed by atoms with Gasteiger partial charge in [-0.15, -0.1) is 22.7 Å². The van der Waals surface area contributed by atoms with Crippen LogP contribution in [0.25, 0.3) is 0 Å². The molecule has 2 aromatic heterocycles. The van der Waals surface area contributed by atoms with E-state index in [-0.39, 0.29) is 5.91 Å². The fraction of sp³-hybridized carbons (Fsp3) is 0.333. The summed E-state index contributed by atoms with van der Waals surface area (Å²) in [5.74, 6) is -0.113. The number of nitrogens with one attached hydrogen (secondary N) is 1. The number of hydrogen-bond acceptors (Lipinski definition) is 4. The molecule has 0 radical (unpaired) electrons. The summed E-state index contributed by atoms with van der Waals surface area (Å²) in [5.41, 5.74) is 3.96. The average Bonchev–Trinajstić information content (AvgIpc) is 3.03. The van der Waals surface area contributed by atoms with Crippen LogP contribution in [0.1, 0.15) is 42.7 Å². The number of halogens is 1. The van der Waals surface area contributed by atoms with Gasteiger partial charge in [0.15, 0.2) is 0 Å². The molecule has 2 aromatic rings. The Hall–Kier alpha value is -0.980. The summed E-state index contributed by atoms with van der Waals surface area (Å²) >= 11 is 6.71. The lowest BCUT2D eigenvalue weighted by Gasteiger charge is -2.08. The Kier molecular flexibility index (Phi) is 4.57. The molecule has 0 saturated heterocycles. The van der Waals surface area contributed by atoms with Crippen LogP contribution in [-0.4, -0.2) is 12.1 Å². The van der Waals surface area contributed by atoms with E-state index in [2.05, 4.69) is 26.5 Å². The Balaban J connectivity index is 1.65. The maximum atomic E-state index is 12.1. The SMILES string of the molecule is Cc1sc(C=NNC(=O)c2cc3c(s2)CCCC3)cc1Br. The molecule has 0 saturated carbocycles. The first-order valence-corrected chi connectivity index (χ1v) is 9.27. The van der Waals surface area contributed by atoms with E-state index in [1.807, 2.05) is 19.1 Å². The molecule has 21 heavy (non-hydrogen) atoms. The van der Waals surface area contributed by atoms with Gasteiger partial charge in [-0.05, 0) is 66.2 Å². The first-order chi connectivity index (χ1) is 10.1. The van der Waals surface area contributed by atoms with E-state index in [1.165, 1.54) is 28.2 Å². The highest BCUT2D eigenvalue weighted by Gasteiger charge is 2.16. The van der Waals surface area contributed by atoms with Crippen molar-refractivity contribution in [3.05, 3.63) is 41.7 Å². The molecule has 6 heteroatoms. The molecule has 3 nitrogen and oxygen atoms in total. The zero-order valence-corrected chi connectivity index (χ0v) is 14.8. The predicted molar refractivity (Wildman–Crippen MR) is 92.8 cm³/mol. The molecule has 0 spiro atoms. The molecule has 110 valence electrons. The molecule has 0 aromatic carbocycles. The second-order valence-corrected chi connectivity index (χ2v) is 8.30. The Labute approximate surface area is 140 Å². The van der Waals surface area contributed by atoms with Gasteiger partial charge in [0.2, 0.25) is 0 Å². The van der Waals surface area contributed by atoms with Crippen LogP contribution in [0.5, 0.6) is 0 Å². The molecular formula is C15H15BrN2OS2. The van der Waals surface area contributed by atoms with Crippen molar-refractivity contribution in [2.45, 2.75) is 32.6 Å². The first kappa shape index (κ1) is 14.9. The number of thiophene rings is 2. The Morgan fingerprint density at radius 2 is 2.14 bits per heavy atom. The Morgan fingerprint density at radius 1 is 1.33 bits per heavy atom. The van der Waals surface area contributed by atoms with E-state index >= 15 is 0 Å². The van der Waals surface area contributed by atoms with E-state index in [0.29, 0.717) is 0 Å². The van der Waals surface area contributed by atoms with Gasteiger partial charge in [0.25, 0.3) is 5.91 Å². The molecule has 1 amide bonds. The zero-order valence-electron chi connectivity index (χ0n) is 11.6. The van der Waals surface area contributed by atoms with Gasteiger partial charge in [-0.2, -0.15) is 5.10 Å². The Bertz CT molecular complexity index is 660. The fourth-order valence-electron chi connectivity index (χ4n) is 2.36. The van der Waals surface area contributed by atoms with Crippen molar-refractivity contribution in [2.24, 2.45) is 5.10 Å². The third-order valence-corrected chi connectivity index (χ3v) is 6.76. The number of hydrogen-bond donors (Lipinski definition) is 1. The van der Waals surface area contributed by atoms with Crippen molar-refractivity contribution in [1.82, 2.24) is 5.43 Å². The topological polar surface area (TPSA) is 41.5 Å². The van der Waals surface area contributed by atoms with Crippen molar-refractivity contribution in [2.75, 3.05) is 0 Å². The minimum absolute atomic E-state index is 0.113. The summed E-state index contributed by atoms with van der Waals surface area (Å²) in [4.78, 5) is 16.5. The van der Waals surface area contributed by atoms with Gasteiger partial charge >= 0.3 is 0 Å². The van der Waals surface area contributed by atoms with Crippen LogP contribution in [0.2, 0.25) is 0 Å². The molecule has 1 N–H and O–H groups in total. The standard InChI is InChI=1S/C15H15BrN2OS2/c1-9-12(16)7-11(20-9)8-17-18-15(19)14-6-10-4-2-3-5-13(10)21-14/h6-8H,2-5H2,1H3,(H,18,19). The van der Waals surface area contributed by atoms with Gasteiger partial charge in [-0.1, -0.05) is 0 Å². The van der Waals surface area contributed by atoms with Crippen LogP contribution in [0.3, 0.4) is 0 Å². The fourth-order valence-corrected chi connectivity index (χ4v) is 4.93. The third-order valence-electron chi connectivity index (χ3n) is 3.45. The highest BCUT2D eigenvalue weighted by Crippen LogP contribution is 2.29. The summed E-state index contributed by atoms with van der Waals surface area (Å²) in [6.45, 7) is 2.04. The number of carbonyl (C=O) groups excluding carboxylic acids is 1. The van der Waals surface area contributed by atoms with E-state index < -0.39 is 0 Å². The van der Waals surface area contributed by atoms with Crippen LogP contribution >= 0.6 is 38.6 Å². The number of hydrazone groups is 1. The van der Waals surface area contributed by atoms with Gasteiger partial charge in [-0.25, -0.2) is 5.43 Å². The lowest BCUT2D eigenvalue weighted by atomic mass is 9.99. The van der Waals surface area contributed by atoms with E-state index in [4.69, 9.17) is 0 Å². The molecular weight excluding hydrogens is 368 g/mol. The normalized spacial score (nSPS) is 14.4. The average molecular weight is 383 g/mol. The minimum atomic E-state index is -0.113. The Morgan fingerprint density at radius 3 is 2.86 bits per heavy atom. The number of amides is 1. The lowest BCUT2D eigenvalue weighted by molar-refractivity contribution is 0.0959. The molecule has 0 fully saturated rings. The summed E-state index contributed by atoms with van der Waals surface area (Å²) in [6.07, 6.45) is 6.37. The quantitative estimate of drug-likeness (QED) is 0.614. The monoisotopic (exact) mass is 382 g/mol. The highest BCUT2D eigenvalue weighted by atomic mass is 79.9. The summed E-state index contributed by atoms with van der Waals surface area (Å²) in [5, 5.41) is 4.05. The van der Waals surface area contributed by atoms with Crippen molar-refractivity contribution >= 4 is 50.7 Å². The number of aryl methyl sites for hydroxylation is 3. The predicted octanol–water partition coefficient (Wildman–Crippen LogP) is 4.52. The molecule has 3 rings (SSSR count). The molecule has 2 heterocycles. The molecule has 0 unspecified atom stereocenters. The van der Waals surface area contributed by atoms with Gasteiger partial charge in [0, 0.05) is 19.1 Å². The van der Waals surface area contributed by atoms with Crippen molar-refractivity contribution in [3.8, 4) is 0 Å². The van der Waals surface area contributed by atoms with Crippen LogP contribution in [-0.2, 0) is 12.8 Å². The second-order valence-electron chi connectivity index (χ2n) is 5.02. The molecule has 1 aliphatic rings. The molecule has 0 aliphatic heterocycles. The number of nitrogens with zero attached hydrogens (tertiary/aromatic N) is 1. The third kappa shape index (κ3) is 3.44. The zero-order chi connectivity index (χ0) is 14.8. The second kappa shape index (κ2) is 6.42. The van der Waals surface area contributed by atoms with Gasteiger partial charge in [0.1, 0.15) is 0 Å². The lowest BCUT2D eigenvalue weighted by Crippen LogP contribution is -2.16. The first-order valence-electron chi connectivity index (χ1n) is 6.84. The molecule has 0 atom stereocenters. The number of carbonyl (C=O) groups is 1. The summed E-state index contributed by atoms with van der Waals surface area (Å²) in [7, 11) is 0.